The monoisotopic (exact) mass is 151 g/mol. The summed E-state index contributed by atoms with van der Waals surface area (Å²) in [6, 6.07) is 0. The summed E-state index contributed by atoms with van der Waals surface area (Å²) >= 11 is 0. The number of rotatable bonds is 2. The molecule has 0 spiro atoms. The van der Waals surface area contributed by atoms with Gasteiger partial charge in [0.05, 0.1) is 0 Å². The van der Waals surface area contributed by atoms with Crippen LogP contribution in [0.25, 0.3) is 0 Å². The Morgan fingerprint density at radius 1 is 1.56 bits per heavy atom. The molecule has 1 N–H and O–H groups in total. The lowest BCUT2D eigenvalue weighted by Crippen LogP contribution is -2.17. The van der Waals surface area contributed by atoms with Gasteiger partial charge in [0.2, 0.25) is 0 Å². The molecule has 9 heavy (non-hydrogen) atoms. The van der Waals surface area contributed by atoms with Crippen LogP contribution in [0.3, 0.4) is 0 Å². The van der Waals surface area contributed by atoms with Crippen LogP contribution in [0.5, 0.6) is 0 Å². The lowest BCUT2D eigenvalue weighted by molar-refractivity contribution is -0.134. The van der Waals surface area contributed by atoms with Gasteiger partial charge in [-0.25, -0.2) is 4.79 Å². The Morgan fingerprint density at radius 3 is 1.89 bits per heavy atom. The van der Waals surface area contributed by atoms with Gasteiger partial charge >= 0.3 is 5.97 Å². The van der Waals surface area contributed by atoms with E-state index >= 15 is 0 Å². The zero-order chi connectivity index (χ0) is 6.73. The normalized spacial score (nSPS) is 7.33. The molecule has 0 aliphatic rings. The molecule has 0 unspecified atom stereocenters. The summed E-state index contributed by atoms with van der Waals surface area (Å²) in [6.45, 7) is 3.28. The standard InChI is InChI=1S/C5H9NO2.ClH/c1-4(5(7)8)6(2)3;/h1H2,2-3H3,(H,7,8);1H. The number of nitrogens with zero attached hydrogens (tertiary/aromatic N) is 1. The van der Waals surface area contributed by atoms with Gasteiger partial charge < -0.3 is 10.0 Å². The van der Waals surface area contributed by atoms with Crippen molar-refractivity contribution in [1.29, 1.82) is 0 Å². The smallest absolute Gasteiger partial charge is 0.351 e. The highest BCUT2D eigenvalue weighted by Gasteiger charge is 2.02. The molecule has 0 aromatic rings. The topological polar surface area (TPSA) is 40.5 Å². The first kappa shape index (κ1) is 11.1. The van der Waals surface area contributed by atoms with Crippen molar-refractivity contribution in [2.75, 3.05) is 14.1 Å². The number of halogens is 1. The minimum absolute atomic E-state index is 0. The molecule has 0 aromatic heterocycles. The first-order valence-corrected chi connectivity index (χ1v) is 2.15. The molecule has 0 aliphatic carbocycles. The molecule has 0 aromatic carbocycles. The van der Waals surface area contributed by atoms with Crippen LogP contribution in [-0.2, 0) is 4.79 Å². The van der Waals surface area contributed by atoms with Gasteiger partial charge in [-0.1, -0.05) is 6.58 Å². The summed E-state index contributed by atoms with van der Waals surface area (Å²) in [4.78, 5) is 11.4. The molecule has 0 atom stereocenters. The van der Waals surface area contributed by atoms with Gasteiger partial charge in [0.25, 0.3) is 0 Å². The van der Waals surface area contributed by atoms with Gasteiger partial charge in [-0.05, 0) is 0 Å². The predicted molar refractivity (Wildman–Crippen MR) is 37.7 cm³/mol. The van der Waals surface area contributed by atoms with Gasteiger partial charge in [-0.2, -0.15) is 0 Å². The molecule has 0 aliphatic heterocycles. The van der Waals surface area contributed by atoms with Crippen molar-refractivity contribution in [3.63, 3.8) is 0 Å². The Labute approximate surface area is 60.4 Å². The second kappa shape index (κ2) is 4.21. The average molecular weight is 152 g/mol. The van der Waals surface area contributed by atoms with E-state index in [0.29, 0.717) is 0 Å². The first-order valence-electron chi connectivity index (χ1n) is 2.15. The van der Waals surface area contributed by atoms with Crippen molar-refractivity contribution in [1.82, 2.24) is 4.90 Å². The van der Waals surface area contributed by atoms with Gasteiger partial charge in [0.15, 0.2) is 0 Å². The molecular formula is C5H10ClNO2. The van der Waals surface area contributed by atoms with Crippen molar-refractivity contribution in [2.24, 2.45) is 0 Å². The van der Waals surface area contributed by atoms with E-state index in [0.717, 1.165) is 0 Å². The van der Waals surface area contributed by atoms with Crippen molar-refractivity contribution in [2.45, 2.75) is 0 Å². The fraction of sp³-hybridized carbons (Fsp3) is 0.400. The maximum atomic E-state index is 10.00. The lowest BCUT2D eigenvalue weighted by atomic mass is 10.5. The molecule has 54 valence electrons. The largest absolute Gasteiger partial charge is 0.477 e. The zero-order valence-corrected chi connectivity index (χ0v) is 6.23. The Hall–Kier alpha value is -0.700. The molecule has 4 heteroatoms. The zero-order valence-electron chi connectivity index (χ0n) is 5.42. The summed E-state index contributed by atoms with van der Waals surface area (Å²) in [5, 5.41) is 8.21. The maximum absolute atomic E-state index is 10.00. The van der Waals surface area contributed by atoms with E-state index in [1.54, 1.807) is 14.1 Å². The fourth-order valence-corrected chi connectivity index (χ4v) is 0.191. The molecule has 0 amide bonds. The van der Waals surface area contributed by atoms with Gasteiger partial charge in [0.1, 0.15) is 5.70 Å². The van der Waals surface area contributed by atoms with E-state index in [4.69, 9.17) is 5.11 Å². The molecule has 0 rings (SSSR count). The van der Waals surface area contributed by atoms with Crippen LogP contribution in [0.1, 0.15) is 0 Å². The molecule has 0 saturated heterocycles. The number of carboxylic acids is 1. The Balaban J connectivity index is 0. The van der Waals surface area contributed by atoms with Crippen molar-refractivity contribution in [3.05, 3.63) is 12.3 Å². The predicted octanol–water partition coefficient (Wildman–Crippen LogP) is 0.568. The summed E-state index contributed by atoms with van der Waals surface area (Å²) in [5.74, 6) is -0.977. The van der Waals surface area contributed by atoms with Crippen molar-refractivity contribution in [3.8, 4) is 0 Å². The van der Waals surface area contributed by atoms with E-state index in [-0.39, 0.29) is 18.1 Å². The lowest BCUT2D eigenvalue weighted by Gasteiger charge is -2.09. The second-order valence-electron chi connectivity index (χ2n) is 1.65. The van der Waals surface area contributed by atoms with Crippen LogP contribution >= 0.6 is 12.4 Å². The van der Waals surface area contributed by atoms with E-state index < -0.39 is 5.97 Å². The van der Waals surface area contributed by atoms with Gasteiger partial charge in [-0.15, -0.1) is 12.4 Å². The maximum Gasteiger partial charge on any atom is 0.351 e. The molecular weight excluding hydrogens is 142 g/mol. The van der Waals surface area contributed by atoms with Gasteiger partial charge in [0, 0.05) is 14.1 Å². The number of carboxylic acid groups (broad SMARTS) is 1. The van der Waals surface area contributed by atoms with Crippen LogP contribution in [-0.4, -0.2) is 30.1 Å². The third-order valence-corrected chi connectivity index (χ3v) is 0.787. The Bertz CT molecular complexity index is 122. The highest BCUT2D eigenvalue weighted by Crippen LogP contribution is 1.91. The minimum Gasteiger partial charge on any atom is -0.477 e. The Kier molecular flexibility index (Phi) is 5.21. The third-order valence-electron chi connectivity index (χ3n) is 0.787. The quantitative estimate of drug-likeness (QED) is 0.587. The van der Waals surface area contributed by atoms with Crippen molar-refractivity contribution < 1.29 is 9.90 Å². The number of hydrogen-bond donors (Lipinski definition) is 1. The van der Waals surface area contributed by atoms with Crippen LogP contribution in [0.15, 0.2) is 12.3 Å². The van der Waals surface area contributed by atoms with Crippen LogP contribution in [0.4, 0.5) is 0 Å². The SMILES string of the molecule is C=C(C(=O)O)N(C)C.Cl. The van der Waals surface area contributed by atoms with E-state index in [1.807, 2.05) is 0 Å². The summed E-state index contributed by atoms with van der Waals surface area (Å²) in [6.07, 6.45) is 0. The minimum atomic E-state index is -0.977. The number of likely N-dealkylation sites (N-methyl/N-ethyl adjacent to an activating group) is 1. The molecule has 3 nitrogen and oxygen atoms in total. The van der Waals surface area contributed by atoms with Crippen LogP contribution in [0, 0.1) is 0 Å². The second-order valence-corrected chi connectivity index (χ2v) is 1.65. The van der Waals surface area contributed by atoms with E-state index in [2.05, 4.69) is 6.58 Å². The summed E-state index contributed by atoms with van der Waals surface area (Å²) in [7, 11) is 3.27. The highest BCUT2D eigenvalue weighted by atomic mass is 35.5. The number of hydrogen-bond acceptors (Lipinski definition) is 2. The average Bonchev–Trinajstić information content (AvgIpc) is 1.64. The molecule has 0 radical (unpaired) electrons. The van der Waals surface area contributed by atoms with Gasteiger partial charge in [-0.3, -0.25) is 0 Å². The van der Waals surface area contributed by atoms with E-state index in [9.17, 15) is 4.79 Å². The Morgan fingerprint density at radius 2 is 1.89 bits per heavy atom. The number of aliphatic carboxylic acids is 1. The third kappa shape index (κ3) is 3.85. The highest BCUT2D eigenvalue weighted by molar-refractivity contribution is 5.85. The number of carbonyl (C=O) groups is 1. The summed E-state index contributed by atoms with van der Waals surface area (Å²) in [5.41, 5.74) is 0.102. The van der Waals surface area contributed by atoms with E-state index in [1.165, 1.54) is 4.90 Å². The molecule has 0 bridgehead atoms. The van der Waals surface area contributed by atoms with Crippen LogP contribution < -0.4 is 0 Å². The molecule has 0 fully saturated rings. The first-order chi connectivity index (χ1) is 3.55. The molecule has 0 heterocycles. The van der Waals surface area contributed by atoms with Crippen molar-refractivity contribution >= 4 is 18.4 Å². The summed E-state index contributed by atoms with van der Waals surface area (Å²) < 4.78 is 0. The molecule has 0 saturated carbocycles. The van der Waals surface area contributed by atoms with Crippen LogP contribution in [0.2, 0.25) is 0 Å². The fourth-order valence-electron chi connectivity index (χ4n) is 0.191.